The molecule has 52 valence electrons. The zero-order chi connectivity index (χ0) is 4.50. The fraction of sp³-hybridized carbons (Fsp3) is 1.00. The summed E-state index contributed by atoms with van der Waals surface area (Å²) < 4.78 is 25.9. The predicted octanol–water partition coefficient (Wildman–Crippen LogP) is -3.51. The third-order valence-corrected chi connectivity index (χ3v) is 0. The Morgan fingerprint density at radius 2 is 1.38 bits per heavy atom. The van der Waals surface area contributed by atoms with Crippen molar-refractivity contribution in [1.29, 1.82) is 0 Å². The van der Waals surface area contributed by atoms with Crippen molar-refractivity contribution < 1.29 is 13.0 Å². The van der Waals surface area contributed by atoms with Crippen molar-refractivity contribution >= 4 is 87.5 Å². The third-order valence-electron chi connectivity index (χ3n) is 0. The molecule has 0 bridgehead atoms. The van der Waals surface area contributed by atoms with Crippen molar-refractivity contribution in [3.05, 3.63) is 0 Å². The molecule has 0 aromatic rings. The van der Waals surface area contributed by atoms with E-state index in [1.54, 1.807) is 0 Å². The molecule has 0 aliphatic carbocycles. The number of rotatable bonds is 0. The van der Waals surface area contributed by atoms with Crippen molar-refractivity contribution in [2.75, 3.05) is 6.26 Å². The first-order chi connectivity index (χ1) is 2.00. The van der Waals surface area contributed by atoms with Crippen molar-refractivity contribution in [2.24, 2.45) is 0 Å². The zero-order valence-corrected chi connectivity index (χ0v) is 20.6. The fourth-order valence-corrected chi connectivity index (χ4v) is 0. The molecule has 0 rings (SSSR count). The molecule has 1 N–H and O–H groups in total. The van der Waals surface area contributed by atoms with Crippen LogP contribution in [-0.2, 0) is 10.1 Å². The summed E-state index contributed by atoms with van der Waals surface area (Å²) in [4.78, 5) is 0. The molecule has 0 spiro atoms. The molecule has 0 aliphatic rings. The van der Waals surface area contributed by atoms with Gasteiger partial charge in [-0.05, 0) is 0 Å². The van der Waals surface area contributed by atoms with Crippen molar-refractivity contribution in [2.45, 2.75) is 0 Å². The van der Waals surface area contributed by atoms with Crippen LogP contribution in [-0.4, -0.2) is 96.6 Å². The van der Waals surface area contributed by atoms with E-state index in [-0.39, 0.29) is 77.4 Å². The van der Waals surface area contributed by atoms with E-state index in [1.807, 2.05) is 0 Å². The van der Waals surface area contributed by atoms with Gasteiger partial charge in [-0.25, -0.2) is 0 Å². The number of hydrogen-bond donors (Lipinski definition) is 1. The van der Waals surface area contributed by atoms with Crippen LogP contribution in [0.2, 0.25) is 0 Å². The van der Waals surface area contributed by atoms with Gasteiger partial charge in [0.15, 0.2) is 0 Å². The Balaban J connectivity index is -0.0000000267. The van der Waals surface area contributed by atoms with Gasteiger partial charge in [-0.3, -0.25) is 4.55 Å². The SMILES string of the molecule is CS(=O)(=O)O.[BiH3].[PbH2].[SnH2]. The van der Waals surface area contributed by atoms with Gasteiger partial charge in [0.1, 0.15) is 0 Å². The van der Waals surface area contributed by atoms with E-state index in [9.17, 15) is 8.42 Å². The minimum atomic E-state index is -3.67. The quantitative estimate of drug-likeness (QED) is 0.222. The molecule has 3 nitrogen and oxygen atoms in total. The van der Waals surface area contributed by atoms with E-state index in [2.05, 4.69) is 0 Å². The first-order valence-electron chi connectivity index (χ1n) is 0.924. The predicted molar refractivity (Wildman–Crippen MR) is 44.5 cm³/mol. The van der Waals surface area contributed by atoms with Crippen LogP contribution in [0.25, 0.3) is 0 Å². The maximum absolute atomic E-state index is 9.19. The molecule has 0 amide bonds. The summed E-state index contributed by atoms with van der Waals surface area (Å²) in [5, 5.41) is 0. The van der Waals surface area contributed by atoms with Gasteiger partial charge in [-0.2, -0.15) is 8.42 Å². The van der Waals surface area contributed by atoms with Gasteiger partial charge in [0.25, 0.3) is 10.1 Å². The molecule has 0 aliphatic heterocycles. The third kappa shape index (κ3) is 76.1. The average molecular weight is 638 g/mol. The molecule has 0 fully saturated rings. The van der Waals surface area contributed by atoms with Gasteiger partial charge in [0.2, 0.25) is 0 Å². The second kappa shape index (κ2) is 9.51. The normalized spacial score (nSPS) is 7.25. The molecule has 0 heterocycles. The molecule has 8 heavy (non-hydrogen) atoms. The van der Waals surface area contributed by atoms with Crippen molar-refractivity contribution in [3.63, 3.8) is 0 Å². The van der Waals surface area contributed by atoms with Crippen LogP contribution in [0.5, 0.6) is 0 Å². The maximum atomic E-state index is 9.19. The molecule has 0 unspecified atom stereocenters. The summed E-state index contributed by atoms with van der Waals surface area (Å²) in [6, 6.07) is 0. The average Bonchev–Trinajstić information content (AvgIpc) is 0.722. The first kappa shape index (κ1) is 22.4. The van der Waals surface area contributed by atoms with E-state index in [1.165, 1.54) is 0 Å². The Morgan fingerprint density at radius 1 is 1.38 bits per heavy atom. The molecular formula is CH11BiO3PbSSn. The molecule has 0 aromatic carbocycles. The molecular weight excluding hydrogens is 627 g/mol. The number of hydrogen-bond acceptors (Lipinski definition) is 2. The van der Waals surface area contributed by atoms with Crippen LogP contribution >= 0.6 is 0 Å². The Kier molecular flexibility index (Phi) is 26.7. The van der Waals surface area contributed by atoms with E-state index < -0.39 is 10.1 Å². The van der Waals surface area contributed by atoms with Crippen LogP contribution in [0.3, 0.4) is 0 Å². The molecule has 7 heteroatoms. The van der Waals surface area contributed by atoms with Crippen molar-refractivity contribution in [3.8, 4) is 0 Å². The van der Waals surface area contributed by atoms with Crippen LogP contribution in [0.15, 0.2) is 0 Å². The molecule has 4 radical (unpaired) electrons. The summed E-state index contributed by atoms with van der Waals surface area (Å²) in [5.41, 5.74) is 0. The summed E-state index contributed by atoms with van der Waals surface area (Å²) in [5.74, 6) is 0. The molecule has 0 aromatic heterocycles. The Labute approximate surface area is 105 Å². The molecule has 0 saturated heterocycles. The van der Waals surface area contributed by atoms with E-state index in [4.69, 9.17) is 4.55 Å². The van der Waals surface area contributed by atoms with E-state index in [0.717, 1.165) is 0 Å². The van der Waals surface area contributed by atoms with Gasteiger partial charge >= 0.3 is 77.4 Å². The Morgan fingerprint density at radius 3 is 1.38 bits per heavy atom. The van der Waals surface area contributed by atoms with Crippen molar-refractivity contribution in [1.82, 2.24) is 0 Å². The van der Waals surface area contributed by atoms with Gasteiger partial charge < -0.3 is 0 Å². The van der Waals surface area contributed by atoms with Crippen LogP contribution in [0.1, 0.15) is 0 Å². The molecule has 0 atom stereocenters. The van der Waals surface area contributed by atoms with Gasteiger partial charge in [0.05, 0.1) is 6.26 Å². The van der Waals surface area contributed by atoms with E-state index >= 15 is 0 Å². The Hall–Kier alpha value is 2.51. The standard InChI is InChI=1S/CH4O3S.Bi.Pb.Sn.7H/c1-5(2,3)4;;;;;;;;;;/h1H3,(H,2,3,4);;;;;;;;;;. The summed E-state index contributed by atoms with van der Waals surface area (Å²) in [6.07, 6.45) is 0.715. The summed E-state index contributed by atoms with van der Waals surface area (Å²) >= 11 is 0. The summed E-state index contributed by atoms with van der Waals surface area (Å²) in [6.45, 7) is 0. The first-order valence-corrected chi connectivity index (χ1v) is 2.77. The van der Waals surface area contributed by atoms with Crippen LogP contribution < -0.4 is 0 Å². The van der Waals surface area contributed by atoms with E-state index in [0.29, 0.717) is 6.26 Å². The zero-order valence-electron chi connectivity index (χ0n) is 4.79. The second-order valence-electron chi connectivity index (χ2n) is 0.733. The van der Waals surface area contributed by atoms with Gasteiger partial charge in [-0.15, -0.1) is 0 Å². The molecule has 0 saturated carbocycles. The topological polar surface area (TPSA) is 54.4 Å². The minimum absolute atomic E-state index is 0. The summed E-state index contributed by atoms with van der Waals surface area (Å²) in [7, 11) is -3.67. The second-order valence-corrected chi connectivity index (χ2v) is 2.20. The van der Waals surface area contributed by atoms with Gasteiger partial charge in [0, 0.05) is 0 Å². The van der Waals surface area contributed by atoms with Gasteiger partial charge in [-0.1, -0.05) is 0 Å². The van der Waals surface area contributed by atoms with Crippen LogP contribution in [0.4, 0.5) is 0 Å². The monoisotopic (exact) mass is 640 g/mol. The van der Waals surface area contributed by atoms with Crippen LogP contribution in [0, 0.1) is 0 Å². The fourth-order valence-electron chi connectivity index (χ4n) is 0. The Bertz CT molecular complexity index is 102.